The summed E-state index contributed by atoms with van der Waals surface area (Å²) in [6.07, 6.45) is 11.1. The number of piperidine rings is 1. The molecule has 2 fully saturated rings. The van der Waals surface area contributed by atoms with E-state index in [4.69, 9.17) is 0 Å². The first-order chi connectivity index (χ1) is 9.78. The molecule has 1 saturated carbocycles. The van der Waals surface area contributed by atoms with E-state index in [0.717, 1.165) is 19.0 Å². The molecular formula is C16H30N4. The van der Waals surface area contributed by atoms with E-state index in [1.54, 1.807) is 0 Å². The molecule has 4 nitrogen and oxygen atoms in total. The van der Waals surface area contributed by atoms with Gasteiger partial charge in [-0.05, 0) is 45.7 Å². The van der Waals surface area contributed by atoms with E-state index < -0.39 is 0 Å². The Kier molecular flexibility index (Phi) is 4.49. The Morgan fingerprint density at radius 2 is 1.85 bits per heavy atom. The summed E-state index contributed by atoms with van der Waals surface area (Å²) in [5.41, 5.74) is 0.398. The average Bonchev–Trinajstić information content (AvgIpc) is 2.93. The maximum Gasteiger partial charge on any atom is 0.191 e. The van der Waals surface area contributed by atoms with Gasteiger partial charge in [0.1, 0.15) is 0 Å². The van der Waals surface area contributed by atoms with Gasteiger partial charge in [-0.2, -0.15) is 0 Å². The molecule has 114 valence electrons. The standard InChI is InChI=1S/C16H30N4/c1-14-12-17-15(19-14)18-13-16(8-4-2-5-9-16)20-10-6-3-7-11-20/h14H,2-13H2,1H3,(H2,17,18,19). The smallest absolute Gasteiger partial charge is 0.191 e. The van der Waals surface area contributed by atoms with Crippen LogP contribution in [0.4, 0.5) is 0 Å². The van der Waals surface area contributed by atoms with E-state index in [0.29, 0.717) is 11.6 Å². The average molecular weight is 278 g/mol. The second kappa shape index (κ2) is 6.33. The van der Waals surface area contributed by atoms with Gasteiger partial charge in [-0.25, -0.2) is 0 Å². The lowest BCUT2D eigenvalue weighted by atomic mass is 9.79. The molecule has 2 N–H and O–H groups in total. The van der Waals surface area contributed by atoms with Crippen LogP contribution in [-0.4, -0.2) is 48.6 Å². The van der Waals surface area contributed by atoms with Crippen molar-refractivity contribution >= 4 is 5.96 Å². The Morgan fingerprint density at radius 3 is 2.50 bits per heavy atom. The minimum atomic E-state index is 0.398. The molecule has 1 aliphatic carbocycles. The fraction of sp³-hybridized carbons (Fsp3) is 0.938. The zero-order valence-electron chi connectivity index (χ0n) is 13.0. The lowest BCUT2D eigenvalue weighted by Gasteiger charge is -2.48. The van der Waals surface area contributed by atoms with Gasteiger partial charge >= 0.3 is 0 Å². The monoisotopic (exact) mass is 278 g/mol. The maximum atomic E-state index is 4.55. The van der Waals surface area contributed by atoms with Crippen molar-refractivity contribution in [3.05, 3.63) is 0 Å². The van der Waals surface area contributed by atoms with Crippen LogP contribution in [0.15, 0.2) is 4.99 Å². The number of hydrogen-bond acceptors (Lipinski definition) is 4. The molecule has 3 aliphatic rings. The molecule has 0 bridgehead atoms. The lowest BCUT2D eigenvalue weighted by Crippen LogP contribution is -2.59. The largest absolute Gasteiger partial charge is 0.355 e. The van der Waals surface area contributed by atoms with Gasteiger partial charge in [0.25, 0.3) is 0 Å². The molecule has 1 atom stereocenters. The zero-order chi connectivity index (χ0) is 13.8. The summed E-state index contributed by atoms with van der Waals surface area (Å²) in [4.78, 5) is 7.35. The molecule has 0 aromatic rings. The van der Waals surface area contributed by atoms with E-state index >= 15 is 0 Å². The highest BCUT2D eigenvalue weighted by Crippen LogP contribution is 2.35. The highest BCUT2D eigenvalue weighted by Gasteiger charge is 2.38. The van der Waals surface area contributed by atoms with Crippen LogP contribution in [0, 0.1) is 0 Å². The fourth-order valence-corrected chi connectivity index (χ4v) is 4.09. The van der Waals surface area contributed by atoms with Crippen LogP contribution in [0.5, 0.6) is 0 Å². The number of nitrogens with one attached hydrogen (secondary N) is 2. The molecule has 0 spiro atoms. The van der Waals surface area contributed by atoms with Crippen LogP contribution in [-0.2, 0) is 0 Å². The molecule has 2 aliphatic heterocycles. The van der Waals surface area contributed by atoms with Crippen LogP contribution in [0.25, 0.3) is 0 Å². The van der Waals surface area contributed by atoms with Gasteiger partial charge in [0.2, 0.25) is 0 Å². The molecule has 0 amide bonds. The maximum absolute atomic E-state index is 4.55. The first-order valence-corrected chi connectivity index (χ1v) is 8.58. The Morgan fingerprint density at radius 1 is 1.15 bits per heavy atom. The molecule has 4 heteroatoms. The van der Waals surface area contributed by atoms with Crippen molar-refractivity contribution in [1.82, 2.24) is 15.5 Å². The number of rotatable bonds is 3. The Hall–Kier alpha value is -0.770. The number of hydrogen-bond donors (Lipinski definition) is 2. The molecule has 0 aromatic carbocycles. The van der Waals surface area contributed by atoms with Gasteiger partial charge in [0, 0.05) is 18.1 Å². The van der Waals surface area contributed by atoms with Crippen molar-refractivity contribution < 1.29 is 0 Å². The van der Waals surface area contributed by atoms with Gasteiger partial charge in [0.05, 0.1) is 6.54 Å². The van der Waals surface area contributed by atoms with E-state index in [2.05, 4.69) is 27.4 Å². The molecular weight excluding hydrogens is 248 g/mol. The molecule has 20 heavy (non-hydrogen) atoms. The highest BCUT2D eigenvalue weighted by atomic mass is 15.3. The summed E-state index contributed by atoms with van der Waals surface area (Å²) in [7, 11) is 0. The number of guanidine groups is 1. The van der Waals surface area contributed by atoms with Gasteiger partial charge in [0.15, 0.2) is 5.96 Å². The third kappa shape index (κ3) is 3.11. The van der Waals surface area contributed by atoms with Gasteiger partial charge in [-0.3, -0.25) is 9.89 Å². The summed E-state index contributed by atoms with van der Waals surface area (Å²) in [6, 6.07) is 0.495. The fourth-order valence-electron chi connectivity index (χ4n) is 4.09. The predicted molar refractivity (Wildman–Crippen MR) is 84.1 cm³/mol. The second-order valence-corrected chi connectivity index (χ2v) is 6.92. The summed E-state index contributed by atoms with van der Waals surface area (Å²) >= 11 is 0. The number of nitrogens with zero attached hydrogens (tertiary/aromatic N) is 2. The molecule has 1 unspecified atom stereocenters. The van der Waals surface area contributed by atoms with Gasteiger partial charge in [-0.15, -0.1) is 0 Å². The van der Waals surface area contributed by atoms with Crippen LogP contribution in [0.1, 0.15) is 58.3 Å². The van der Waals surface area contributed by atoms with E-state index in [-0.39, 0.29) is 0 Å². The minimum Gasteiger partial charge on any atom is -0.355 e. The topological polar surface area (TPSA) is 39.7 Å². The number of likely N-dealkylation sites (tertiary alicyclic amines) is 1. The molecule has 0 radical (unpaired) electrons. The van der Waals surface area contributed by atoms with Crippen molar-refractivity contribution in [2.75, 3.05) is 26.2 Å². The first kappa shape index (κ1) is 14.2. The highest BCUT2D eigenvalue weighted by molar-refractivity contribution is 5.81. The number of aliphatic imine (C=N–C) groups is 1. The van der Waals surface area contributed by atoms with Crippen molar-refractivity contribution in [2.45, 2.75) is 69.9 Å². The summed E-state index contributed by atoms with van der Waals surface area (Å²) in [6.45, 7) is 6.79. The van der Waals surface area contributed by atoms with Crippen molar-refractivity contribution in [3.8, 4) is 0 Å². The van der Waals surface area contributed by atoms with Crippen LogP contribution < -0.4 is 10.6 Å². The van der Waals surface area contributed by atoms with Crippen molar-refractivity contribution in [2.24, 2.45) is 4.99 Å². The Bertz CT molecular complexity index is 340. The van der Waals surface area contributed by atoms with Crippen molar-refractivity contribution in [3.63, 3.8) is 0 Å². The van der Waals surface area contributed by atoms with Crippen LogP contribution in [0.2, 0.25) is 0 Å². The Labute approximate surface area is 123 Å². The van der Waals surface area contributed by atoms with E-state index in [1.165, 1.54) is 64.5 Å². The van der Waals surface area contributed by atoms with E-state index in [9.17, 15) is 0 Å². The van der Waals surface area contributed by atoms with Gasteiger partial charge in [-0.1, -0.05) is 25.7 Å². The van der Waals surface area contributed by atoms with E-state index in [1.807, 2.05) is 0 Å². The van der Waals surface area contributed by atoms with Gasteiger partial charge < -0.3 is 10.6 Å². The summed E-state index contributed by atoms with van der Waals surface area (Å²) < 4.78 is 0. The zero-order valence-corrected chi connectivity index (χ0v) is 13.0. The molecule has 1 saturated heterocycles. The molecule has 2 heterocycles. The second-order valence-electron chi connectivity index (χ2n) is 6.92. The quantitative estimate of drug-likeness (QED) is 0.830. The molecule has 3 rings (SSSR count). The predicted octanol–water partition coefficient (Wildman–Crippen LogP) is 2.11. The van der Waals surface area contributed by atoms with Crippen molar-refractivity contribution in [1.29, 1.82) is 0 Å². The Balaban J connectivity index is 1.62. The van der Waals surface area contributed by atoms with Crippen LogP contribution in [0.3, 0.4) is 0 Å². The van der Waals surface area contributed by atoms with Crippen LogP contribution >= 0.6 is 0 Å². The lowest BCUT2D eigenvalue weighted by molar-refractivity contribution is 0.0368. The molecule has 0 aromatic heterocycles. The third-order valence-corrected chi connectivity index (χ3v) is 5.30. The summed E-state index contributed by atoms with van der Waals surface area (Å²) in [5.74, 6) is 1.03. The summed E-state index contributed by atoms with van der Waals surface area (Å²) in [5, 5.41) is 7.05. The SMILES string of the molecule is CC1CN=C(NCC2(N3CCCCC3)CCCCC2)N1. The third-order valence-electron chi connectivity index (χ3n) is 5.30. The normalized spacial score (nSPS) is 30.6. The first-order valence-electron chi connectivity index (χ1n) is 8.58. The minimum absolute atomic E-state index is 0.398.